The van der Waals surface area contributed by atoms with E-state index in [9.17, 15) is 9.18 Å². The summed E-state index contributed by atoms with van der Waals surface area (Å²) >= 11 is 0. The number of imidazole rings is 1. The van der Waals surface area contributed by atoms with Gasteiger partial charge in [0.1, 0.15) is 5.69 Å². The summed E-state index contributed by atoms with van der Waals surface area (Å²) < 4.78 is 15.2. The van der Waals surface area contributed by atoms with Crippen LogP contribution in [-0.2, 0) is 13.0 Å². The van der Waals surface area contributed by atoms with Crippen LogP contribution in [-0.4, -0.2) is 25.4 Å². The van der Waals surface area contributed by atoms with E-state index in [0.717, 1.165) is 22.9 Å². The fourth-order valence-electron chi connectivity index (χ4n) is 2.91. The lowest BCUT2D eigenvalue weighted by Gasteiger charge is -2.10. The molecule has 0 saturated heterocycles. The fourth-order valence-corrected chi connectivity index (χ4v) is 2.91. The summed E-state index contributed by atoms with van der Waals surface area (Å²) in [6.45, 7) is 0.576. The number of benzene rings is 1. The highest BCUT2D eigenvalue weighted by molar-refractivity contribution is 6.03. The van der Waals surface area contributed by atoms with Crippen LogP contribution in [0.15, 0.2) is 60.9 Å². The normalized spacial score (nSPS) is 10.9. The zero-order valence-electron chi connectivity index (χ0n) is 14.8. The lowest BCUT2D eigenvalue weighted by molar-refractivity contribution is 0.102. The van der Waals surface area contributed by atoms with Crippen LogP contribution in [0.4, 0.5) is 16.0 Å². The molecular formula is C20H17FN6O. The molecule has 0 unspecified atom stereocenters. The summed E-state index contributed by atoms with van der Waals surface area (Å²) in [6, 6.07) is 14.5. The number of rotatable bonds is 5. The summed E-state index contributed by atoms with van der Waals surface area (Å²) in [5, 5.41) is 2.75. The van der Waals surface area contributed by atoms with Gasteiger partial charge in [-0.15, -0.1) is 0 Å². The molecule has 3 N–H and O–H groups in total. The number of nitrogens with two attached hydrogens (primary N) is 1. The largest absolute Gasteiger partial charge is 0.396 e. The number of fused-ring (bicyclic) bond motifs is 1. The summed E-state index contributed by atoms with van der Waals surface area (Å²) in [6.07, 6.45) is 3.34. The van der Waals surface area contributed by atoms with E-state index in [-0.39, 0.29) is 11.4 Å². The first-order valence-electron chi connectivity index (χ1n) is 8.69. The molecule has 1 aromatic carbocycles. The summed E-state index contributed by atoms with van der Waals surface area (Å²) in [7, 11) is 0. The Balaban J connectivity index is 1.64. The number of halogens is 1. The Morgan fingerprint density at radius 2 is 1.96 bits per heavy atom. The highest BCUT2D eigenvalue weighted by Gasteiger charge is 2.16. The second kappa shape index (κ2) is 7.43. The van der Waals surface area contributed by atoms with E-state index < -0.39 is 11.7 Å². The van der Waals surface area contributed by atoms with Crippen molar-refractivity contribution in [3.8, 4) is 0 Å². The van der Waals surface area contributed by atoms with Crippen LogP contribution >= 0.6 is 0 Å². The van der Waals surface area contributed by atoms with E-state index in [0.29, 0.717) is 18.9 Å². The van der Waals surface area contributed by atoms with Gasteiger partial charge in [-0.05, 0) is 30.3 Å². The number of amides is 1. The van der Waals surface area contributed by atoms with E-state index in [1.807, 2.05) is 47.0 Å². The van der Waals surface area contributed by atoms with Crippen LogP contribution in [0.3, 0.4) is 0 Å². The molecule has 0 saturated carbocycles. The van der Waals surface area contributed by atoms with Gasteiger partial charge in [-0.1, -0.05) is 18.2 Å². The predicted octanol–water partition coefficient (Wildman–Crippen LogP) is 3.04. The molecule has 0 radical (unpaired) electrons. The number of carbonyl (C=O) groups is 1. The van der Waals surface area contributed by atoms with Crippen molar-refractivity contribution < 1.29 is 9.18 Å². The van der Waals surface area contributed by atoms with Gasteiger partial charge in [-0.2, -0.15) is 0 Å². The lowest BCUT2D eigenvalue weighted by Crippen LogP contribution is -2.18. The number of pyridine rings is 2. The van der Waals surface area contributed by atoms with E-state index in [1.165, 1.54) is 6.07 Å². The number of nitrogens with one attached hydrogen (secondary N) is 1. The number of aryl methyl sites for hydroxylation is 2. The van der Waals surface area contributed by atoms with Crippen LogP contribution in [0.25, 0.3) is 11.0 Å². The van der Waals surface area contributed by atoms with Crippen LogP contribution in [0.1, 0.15) is 16.2 Å². The van der Waals surface area contributed by atoms with Gasteiger partial charge in [-0.3, -0.25) is 15.1 Å². The molecule has 0 bridgehead atoms. The van der Waals surface area contributed by atoms with E-state index in [4.69, 9.17) is 5.73 Å². The zero-order valence-corrected chi connectivity index (χ0v) is 14.8. The Hall–Kier alpha value is -3.81. The van der Waals surface area contributed by atoms with Crippen LogP contribution in [0.5, 0.6) is 0 Å². The van der Waals surface area contributed by atoms with Crippen molar-refractivity contribution in [2.24, 2.45) is 0 Å². The topological polar surface area (TPSA) is 98.7 Å². The molecule has 0 aliphatic carbocycles. The lowest BCUT2D eigenvalue weighted by atomic mass is 10.2. The third-order valence-electron chi connectivity index (χ3n) is 4.32. The molecule has 4 rings (SSSR count). The van der Waals surface area contributed by atoms with Crippen LogP contribution in [0.2, 0.25) is 0 Å². The number of hydrogen-bond acceptors (Lipinski definition) is 5. The molecular weight excluding hydrogens is 359 g/mol. The number of anilines is 2. The Kier molecular flexibility index (Phi) is 4.67. The first kappa shape index (κ1) is 17.6. The van der Waals surface area contributed by atoms with Gasteiger partial charge in [-0.25, -0.2) is 14.4 Å². The maximum absolute atomic E-state index is 13.3. The minimum absolute atomic E-state index is 0.0160. The number of nitrogen functional groups attached to an aromatic ring is 1. The maximum Gasteiger partial charge on any atom is 0.276 e. The maximum atomic E-state index is 13.3. The Morgan fingerprint density at radius 1 is 1.14 bits per heavy atom. The molecule has 140 valence electrons. The van der Waals surface area contributed by atoms with Gasteiger partial charge in [0.15, 0.2) is 5.82 Å². The monoisotopic (exact) mass is 376 g/mol. The quantitative estimate of drug-likeness (QED) is 0.558. The molecule has 1 amide bonds. The van der Waals surface area contributed by atoms with E-state index >= 15 is 0 Å². The molecule has 4 aromatic rings. The van der Waals surface area contributed by atoms with Gasteiger partial charge in [0, 0.05) is 24.9 Å². The number of hydrogen-bond donors (Lipinski definition) is 2. The molecule has 0 atom stereocenters. The standard InChI is InChI=1S/C20H17FN6O/c21-14-12-24-17(11-15(14)22)19(28)26-20-25-16-6-1-2-7-18(16)27(20)10-8-13-5-3-4-9-23-13/h1-7,9,11-12H,8,10H2,(H2,22,24)(H,25,26,28). The zero-order chi connectivity index (χ0) is 19.5. The molecule has 0 aliphatic heterocycles. The third kappa shape index (κ3) is 3.52. The number of aromatic nitrogens is 4. The predicted molar refractivity (Wildman–Crippen MR) is 104 cm³/mol. The van der Waals surface area contributed by atoms with Crippen molar-refractivity contribution >= 4 is 28.6 Å². The van der Waals surface area contributed by atoms with Crippen LogP contribution in [0, 0.1) is 5.82 Å². The van der Waals surface area contributed by atoms with Gasteiger partial charge >= 0.3 is 0 Å². The highest BCUT2D eigenvalue weighted by atomic mass is 19.1. The average Bonchev–Trinajstić information content (AvgIpc) is 3.06. The molecule has 28 heavy (non-hydrogen) atoms. The smallest absolute Gasteiger partial charge is 0.276 e. The molecule has 0 aliphatic rings. The third-order valence-corrected chi connectivity index (χ3v) is 4.32. The molecule has 3 aromatic heterocycles. The van der Waals surface area contributed by atoms with Gasteiger partial charge in [0.25, 0.3) is 5.91 Å². The molecule has 3 heterocycles. The van der Waals surface area contributed by atoms with Gasteiger partial charge < -0.3 is 10.3 Å². The SMILES string of the molecule is Nc1cc(C(=O)Nc2nc3ccccc3n2CCc2ccccn2)ncc1F. The summed E-state index contributed by atoms with van der Waals surface area (Å²) in [5.74, 6) is -0.799. The van der Waals surface area contributed by atoms with Gasteiger partial charge in [0.05, 0.1) is 22.9 Å². The van der Waals surface area contributed by atoms with Gasteiger partial charge in [0.2, 0.25) is 5.95 Å². The number of para-hydroxylation sites is 2. The Labute approximate surface area is 160 Å². The molecule has 0 fully saturated rings. The van der Waals surface area contributed by atoms with Crippen molar-refractivity contribution in [3.63, 3.8) is 0 Å². The minimum Gasteiger partial charge on any atom is -0.396 e. The first-order valence-corrected chi connectivity index (χ1v) is 8.69. The van der Waals surface area contributed by atoms with Crippen molar-refractivity contribution in [2.45, 2.75) is 13.0 Å². The highest BCUT2D eigenvalue weighted by Crippen LogP contribution is 2.21. The Bertz CT molecular complexity index is 1140. The second-order valence-corrected chi connectivity index (χ2v) is 6.19. The van der Waals surface area contributed by atoms with E-state index in [1.54, 1.807) is 6.20 Å². The number of nitrogens with zero attached hydrogens (tertiary/aromatic N) is 4. The number of carbonyl (C=O) groups excluding carboxylic acids is 1. The van der Waals surface area contributed by atoms with Crippen molar-refractivity contribution in [2.75, 3.05) is 11.1 Å². The van der Waals surface area contributed by atoms with Crippen molar-refractivity contribution in [1.82, 2.24) is 19.5 Å². The average molecular weight is 376 g/mol. The molecule has 8 heteroatoms. The minimum atomic E-state index is -0.667. The summed E-state index contributed by atoms with van der Waals surface area (Å²) in [5.41, 5.74) is 7.99. The fraction of sp³-hybridized carbons (Fsp3) is 0.100. The molecule has 7 nitrogen and oxygen atoms in total. The first-order chi connectivity index (χ1) is 13.6. The summed E-state index contributed by atoms with van der Waals surface area (Å²) in [4.78, 5) is 25.2. The van der Waals surface area contributed by atoms with Crippen LogP contribution < -0.4 is 11.1 Å². The Morgan fingerprint density at radius 3 is 2.75 bits per heavy atom. The van der Waals surface area contributed by atoms with Crippen molar-refractivity contribution in [3.05, 3.63) is 78.1 Å². The van der Waals surface area contributed by atoms with Crippen molar-refractivity contribution in [1.29, 1.82) is 0 Å². The second-order valence-electron chi connectivity index (χ2n) is 6.19. The van der Waals surface area contributed by atoms with E-state index in [2.05, 4.69) is 20.3 Å². The molecule has 0 spiro atoms.